The van der Waals surface area contributed by atoms with Crippen LogP contribution in [-0.4, -0.2) is 37.5 Å². The first kappa shape index (κ1) is 16.8. The Hall–Kier alpha value is -1.60. The predicted octanol–water partition coefficient (Wildman–Crippen LogP) is 1.72. The van der Waals surface area contributed by atoms with Gasteiger partial charge in [0.1, 0.15) is 0 Å². The molecule has 22 heavy (non-hydrogen) atoms. The quantitative estimate of drug-likeness (QED) is 0.779. The highest BCUT2D eigenvalue weighted by atomic mass is 32.2. The second kappa shape index (κ2) is 7.11. The minimum atomic E-state index is -3.21. The van der Waals surface area contributed by atoms with Crippen molar-refractivity contribution in [1.29, 1.82) is 0 Å². The molecule has 1 fully saturated rings. The number of nitrogens with one attached hydrogen (secondary N) is 1. The van der Waals surface area contributed by atoms with Gasteiger partial charge in [-0.2, -0.15) is 0 Å². The maximum atomic E-state index is 12.0. The van der Waals surface area contributed by atoms with E-state index in [1.54, 1.807) is 12.1 Å². The number of amides is 1. The van der Waals surface area contributed by atoms with E-state index >= 15 is 0 Å². The zero-order chi connectivity index (χ0) is 16.2. The van der Waals surface area contributed by atoms with E-state index in [-0.39, 0.29) is 18.1 Å². The van der Waals surface area contributed by atoms with Crippen LogP contribution in [0.3, 0.4) is 0 Å². The molecule has 6 nitrogen and oxygen atoms in total. The Morgan fingerprint density at radius 2 is 2.00 bits per heavy atom. The highest BCUT2D eigenvalue weighted by Gasteiger charge is 2.24. The van der Waals surface area contributed by atoms with Crippen molar-refractivity contribution in [2.24, 2.45) is 0 Å². The molecule has 3 N–H and O–H groups in total. The Labute approximate surface area is 131 Å². The van der Waals surface area contributed by atoms with Gasteiger partial charge in [0.2, 0.25) is 15.9 Å². The molecule has 0 spiro atoms. The third-order valence-corrected chi connectivity index (χ3v) is 5.76. The average Bonchev–Trinajstić information content (AvgIpc) is 2.97. The molecule has 1 amide bonds. The summed E-state index contributed by atoms with van der Waals surface area (Å²) in [6.07, 6.45) is 2.36. The van der Waals surface area contributed by atoms with Crippen LogP contribution in [0.4, 0.5) is 11.4 Å². The van der Waals surface area contributed by atoms with Gasteiger partial charge in [-0.25, -0.2) is 12.7 Å². The molecular formula is C15H23N3O3S. The first-order valence-corrected chi connectivity index (χ1v) is 9.13. The lowest BCUT2D eigenvalue weighted by Crippen LogP contribution is -2.30. The van der Waals surface area contributed by atoms with Gasteiger partial charge in [-0.15, -0.1) is 0 Å². The van der Waals surface area contributed by atoms with Gasteiger partial charge in [-0.05, 0) is 43.9 Å². The maximum absolute atomic E-state index is 12.0. The fourth-order valence-corrected chi connectivity index (χ4v) is 4.08. The molecule has 1 aliphatic heterocycles. The van der Waals surface area contributed by atoms with Crippen molar-refractivity contribution in [2.45, 2.75) is 32.6 Å². The molecule has 7 heteroatoms. The van der Waals surface area contributed by atoms with E-state index in [0.29, 0.717) is 30.9 Å². The topological polar surface area (TPSA) is 92.5 Å². The molecule has 1 aliphatic rings. The van der Waals surface area contributed by atoms with Gasteiger partial charge < -0.3 is 11.1 Å². The minimum absolute atomic E-state index is 0.0241. The highest BCUT2D eigenvalue weighted by Crippen LogP contribution is 2.19. The smallest absolute Gasteiger partial charge is 0.224 e. The fraction of sp³-hybridized carbons (Fsp3) is 0.533. The number of sulfonamides is 1. The van der Waals surface area contributed by atoms with Crippen LogP contribution in [0.2, 0.25) is 0 Å². The first-order valence-electron chi connectivity index (χ1n) is 7.52. The van der Waals surface area contributed by atoms with Crippen LogP contribution >= 0.6 is 0 Å². The number of aryl methyl sites for hydroxylation is 1. The van der Waals surface area contributed by atoms with Gasteiger partial charge in [0.25, 0.3) is 0 Å². The standard InChI is InChI=1S/C15H23N3O3S/c1-12-6-7-13(16)11-14(12)17-15(19)5-4-10-22(20,21)18-8-2-3-9-18/h6-7,11H,2-5,8-10,16H2,1H3,(H,17,19). The van der Waals surface area contributed by atoms with Gasteiger partial charge in [0.15, 0.2) is 0 Å². The van der Waals surface area contributed by atoms with Crippen molar-refractivity contribution in [2.75, 3.05) is 29.9 Å². The van der Waals surface area contributed by atoms with E-state index in [9.17, 15) is 13.2 Å². The number of nitrogens with zero attached hydrogens (tertiary/aromatic N) is 1. The lowest BCUT2D eigenvalue weighted by molar-refractivity contribution is -0.116. The van der Waals surface area contributed by atoms with Gasteiger partial charge in [0.05, 0.1) is 5.75 Å². The van der Waals surface area contributed by atoms with Crippen LogP contribution in [0.25, 0.3) is 0 Å². The van der Waals surface area contributed by atoms with Crippen molar-refractivity contribution in [3.63, 3.8) is 0 Å². The first-order chi connectivity index (χ1) is 10.4. The number of rotatable bonds is 6. The summed E-state index contributed by atoms with van der Waals surface area (Å²) in [5.41, 5.74) is 7.87. The lowest BCUT2D eigenvalue weighted by Gasteiger charge is -2.15. The number of nitrogen functional groups attached to an aromatic ring is 1. The van der Waals surface area contributed by atoms with Crippen LogP contribution in [0.1, 0.15) is 31.2 Å². The summed E-state index contributed by atoms with van der Waals surface area (Å²) in [4.78, 5) is 11.9. The number of anilines is 2. The zero-order valence-corrected chi connectivity index (χ0v) is 13.7. The molecule has 1 saturated heterocycles. The molecule has 1 aromatic carbocycles. The van der Waals surface area contributed by atoms with Gasteiger partial charge in [0, 0.05) is 30.9 Å². The Morgan fingerprint density at radius 3 is 2.68 bits per heavy atom. The van der Waals surface area contributed by atoms with Crippen molar-refractivity contribution < 1.29 is 13.2 Å². The molecule has 0 bridgehead atoms. The molecule has 0 atom stereocenters. The van der Waals surface area contributed by atoms with Crippen LogP contribution in [0, 0.1) is 6.92 Å². The van der Waals surface area contributed by atoms with Gasteiger partial charge in [-0.3, -0.25) is 4.79 Å². The van der Waals surface area contributed by atoms with E-state index in [4.69, 9.17) is 5.73 Å². The second-order valence-electron chi connectivity index (χ2n) is 5.65. The van der Waals surface area contributed by atoms with Crippen molar-refractivity contribution in [1.82, 2.24) is 4.31 Å². The van der Waals surface area contributed by atoms with Crippen molar-refractivity contribution >= 4 is 27.3 Å². The summed E-state index contributed by atoms with van der Waals surface area (Å²) in [6, 6.07) is 5.31. The number of nitrogens with two attached hydrogens (primary N) is 1. The summed E-state index contributed by atoms with van der Waals surface area (Å²) in [6.45, 7) is 3.10. The Balaban J connectivity index is 1.81. The molecule has 1 heterocycles. The maximum Gasteiger partial charge on any atom is 0.224 e. The summed E-state index contributed by atoms with van der Waals surface area (Å²) in [5.74, 6) is -0.165. The number of hydrogen-bond acceptors (Lipinski definition) is 4. The van der Waals surface area contributed by atoms with Crippen LogP contribution < -0.4 is 11.1 Å². The summed E-state index contributed by atoms with van der Waals surface area (Å²) in [5, 5.41) is 2.78. The molecule has 122 valence electrons. The van der Waals surface area contributed by atoms with Gasteiger partial charge >= 0.3 is 0 Å². The Bertz CT molecular complexity index is 637. The van der Waals surface area contributed by atoms with Crippen LogP contribution in [0.5, 0.6) is 0 Å². The summed E-state index contributed by atoms with van der Waals surface area (Å²) < 4.78 is 25.6. The molecule has 0 radical (unpaired) electrons. The van der Waals surface area contributed by atoms with E-state index in [1.807, 2.05) is 13.0 Å². The van der Waals surface area contributed by atoms with E-state index in [2.05, 4.69) is 5.32 Å². The Morgan fingerprint density at radius 1 is 1.32 bits per heavy atom. The lowest BCUT2D eigenvalue weighted by atomic mass is 10.1. The minimum Gasteiger partial charge on any atom is -0.399 e. The fourth-order valence-electron chi connectivity index (χ4n) is 2.50. The third-order valence-electron chi connectivity index (χ3n) is 3.80. The van der Waals surface area contributed by atoms with Crippen molar-refractivity contribution in [3.8, 4) is 0 Å². The number of carbonyl (C=O) groups is 1. The molecular weight excluding hydrogens is 302 g/mol. The van der Waals surface area contributed by atoms with E-state index in [1.165, 1.54) is 4.31 Å². The predicted molar refractivity (Wildman–Crippen MR) is 88.0 cm³/mol. The molecule has 2 rings (SSSR count). The molecule has 0 aromatic heterocycles. The number of benzene rings is 1. The Kier molecular flexibility index (Phi) is 5.42. The molecule has 0 saturated carbocycles. The highest BCUT2D eigenvalue weighted by molar-refractivity contribution is 7.89. The monoisotopic (exact) mass is 325 g/mol. The van der Waals surface area contributed by atoms with Gasteiger partial charge in [-0.1, -0.05) is 6.07 Å². The largest absolute Gasteiger partial charge is 0.399 e. The number of hydrogen-bond donors (Lipinski definition) is 2. The third kappa shape index (κ3) is 4.45. The van der Waals surface area contributed by atoms with Crippen molar-refractivity contribution in [3.05, 3.63) is 23.8 Å². The second-order valence-corrected chi connectivity index (χ2v) is 7.74. The summed E-state index contributed by atoms with van der Waals surface area (Å²) >= 11 is 0. The average molecular weight is 325 g/mol. The van der Waals surface area contributed by atoms with Crippen LogP contribution in [0.15, 0.2) is 18.2 Å². The van der Waals surface area contributed by atoms with Crippen LogP contribution in [-0.2, 0) is 14.8 Å². The molecule has 0 aliphatic carbocycles. The normalized spacial score (nSPS) is 15.9. The SMILES string of the molecule is Cc1ccc(N)cc1NC(=O)CCCS(=O)(=O)N1CCCC1. The molecule has 0 unspecified atom stereocenters. The van der Waals surface area contributed by atoms with E-state index < -0.39 is 10.0 Å². The van der Waals surface area contributed by atoms with E-state index in [0.717, 1.165) is 18.4 Å². The summed E-state index contributed by atoms with van der Waals surface area (Å²) in [7, 11) is -3.21. The zero-order valence-electron chi connectivity index (χ0n) is 12.8. The molecule has 1 aromatic rings. The number of carbonyl (C=O) groups excluding carboxylic acids is 1.